The van der Waals surface area contributed by atoms with Gasteiger partial charge in [0.1, 0.15) is 0 Å². The minimum absolute atomic E-state index is 0.0199. The molecule has 0 amide bonds. The Morgan fingerprint density at radius 2 is 1.90 bits per heavy atom. The van der Waals surface area contributed by atoms with Crippen molar-refractivity contribution in [2.24, 2.45) is 5.92 Å². The molecule has 1 aliphatic carbocycles. The summed E-state index contributed by atoms with van der Waals surface area (Å²) in [5, 5.41) is 0.997. The van der Waals surface area contributed by atoms with Crippen LogP contribution in [0.5, 0.6) is 0 Å². The Morgan fingerprint density at radius 1 is 1.29 bits per heavy atom. The Kier molecular flexibility index (Phi) is 6.34. The van der Waals surface area contributed by atoms with Crippen molar-refractivity contribution in [1.29, 1.82) is 0 Å². The number of allylic oxidation sites excluding steroid dienone is 1. The van der Waals surface area contributed by atoms with Crippen LogP contribution in [0.2, 0.25) is 0 Å². The molecule has 0 spiro atoms. The highest BCUT2D eigenvalue weighted by Gasteiger charge is 2.51. The van der Waals surface area contributed by atoms with Crippen LogP contribution >= 0.6 is 15.9 Å². The topological polar surface area (TPSA) is 12.2 Å². The molecule has 0 N–H and O–H groups in total. The second kappa shape index (κ2) is 7.80. The second-order valence-corrected chi connectivity index (χ2v) is 7.77. The van der Waals surface area contributed by atoms with Gasteiger partial charge < -0.3 is 4.74 Å². The third kappa shape index (κ3) is 3.72. The molecule has 0 aromatic carbocycles. The fourth-order valence-electron chi connectivity index (χ4n) is 3.67. The van der Waals surface area contributed by atoms with Gasteiger partial charge >= 0.3 is 6.40 Å². The van der Waals surface area contributed by atoms with Crippen molar-refractivity contribution in [2.75, 3.05) is 5.33 Å². The first-order chi connectivity index (χ1) is 10.1. The number of nitrogens with zero attached hydrogens (tertiary/aromatic N) is 1. The molecule has 0 saturated heterocycles. The molecule has 0 aromatic heterocycles. The molecule has 1 unspecified atom stereocenters. The van der Waals surface area contributed by atoms with E-state index in [1.807, 2.05) is 6.40 Å². The summed E-state index contributed by atoms with van der Waals surface area (Å²) >= 11 is 3.52. The Bertz CT molecular complexity index is 394. The van der Waals surface area contributed by atoms with Gasteiger partial charge in [0.2, 0.25) is 5.54 Å². The molecule has 0 bridgehead atoms. The van der Waals surface area contributed by atoms with E-state index in [1.165, 1.54) is 44.9 Å². The van der Waals surface area contributed by atoms with Crippen LogP contribution in [0.15, 0.2) is 11.8 Å². The lowest BCUT2D eigenvalue weighted by Crippen LogP contribution is -2.47. The highest BCUT2D eigenvalue weighted by atomic mass is 79.9. The molecule has 1 heterocycles. The van der Waals surface area contributed by atoms with Gasteiger partial charge in [0.05, 0.1) is 0 Å². The standard InChI is InChI=1S/C18H31BrNO/c1-15(2)18(3)17(12-9-13-19)21-14-20(18)16-10-7-5-4-6-8-11-16/h12,14-16H,4-11,13H2,1-3H3/q+1. The van der Waals surface area contributed by atoms with E-state index >= 15 is 0 Å². The Morgan fingerprint density at radius 3 is 2.48 bits per heavy atom. The molecule has 1 atom stereocenters. The Labute approximate surface area is 138 Å². The zero-order valence-electron chi connectivity index (χ0n) is 13.9. The zero-order valence-corrected chi connectivity index (χ0v) is 15.5. The van der Waals surface area contributed by atoms with Crippen molar-refractivity contribution < 1.29 is 9.31 Å². The summed E-state index contributed by atoms with van der Waals surface area (Å²) in [7, 11) is 0. The second-order valence-electron chi connectivity index (χ2n) is 6.98. The van der Waals surface area contributed by atoms with Crippen LogP contribution < -0.4 is 0 Å². The third-order valence-corrected chi connectivity index (χ3v) is 5.82. The minimum atomic E-state index is 0.0199. The molecule has 2 nitrogen and oxygen atoms in total. The number of ether oxygens (including phenoxy) is 1. The first-order valence-electron chi connectivity index (χ1n) is 8.65. The minimum Gasteiger partial charge on any atom is -0.408 e. The lowest BCUT2D eigenvalue weighted by Gasteiger charge is -2.30. The van der Waals surface area contributed by atoms with E-state index < -0.39 is 0 Å². The summed E-state index contributed by atoms with van der Waals surface area (Å²) < 4.78 is 8.56. The molecule has 1 aliphatic heterocycles. The molecule has 0 aromatic rings. The molecule has 2 aliphatic rings. The number of rotatable bonds is 4. The maximum Gasteiger partial charge on any atom is 0.330 e. The molecule has 2 rings (SSSR count). The molecule has 1 saturated carbocycles. The van der Waals surface area contributed by atoms with Crippen LogP contribution in [0, 0.1) is 5.92 Å². The summed E-state index contributed by atoms with van der Waals surface area (Å²) in [5.74, 6) is 1.70. The summed E-state index contributed by atoms with van der Waals surface area (Å²) in [6.07, 6.45) is 14.9. The quantitative estimate of drug-likeness (QED) is 0.494. The molecule has 120 valence electrons. The predicted octanol–water partition coefficient (Wildman–Crippen LogP) is 5.25. The zero-order chi connectivity index (χ0) is 15.3. The van der Waals surface area contributed by atoms with E-state index in [-0.39, 0.29) is 5.54 Å². The maximum atomic E-state index is 6.01. The Balaban J connectivity index is 2.20. The number of hydrogen-bond acceptors (Lipinski definition) is 1. The van der Waals surface area contributed by atoms with Gasteiger partial charge in [-0.2, -0.15) is 4.58 Å². The van der Waals surface area contributed by atoms with Crippen LogP contribution in [0.1, 0.15) is 72.1 Å². The maximum absolute atomic E-state index is 6.01. The van der Waals surface area contributed by atoms with Crippen molar-refractivity contribution in [1.82, 2.24) is 0 Å². The fourth-order valence-corrected chi connectivity index (χ4v) is 3.90. The third-order valence-electron chi connectivity index (χ3n) is 5.36. The first-order valence-corrected chi connectivity index (χ1v) is 9.78. The van der Waals surface area contributed by atoms with Gasteiger partial charge in [0.25, 0.3) is 0 Å². The number of halogens is 1. The summed E-state index contributed by atoms with van der Waals surface area (Å²) in [5.41, 5.74) is 0.0199. The van der Waals surface area contributed by atoms with E-state index in [0.29, 0.717) is 12.0 Å². The normalized spacial score (nSPS) is 30.1. The largest absolute Gasteiger partial charge is 0.408 e. The van der Waals surface area contributed by atoms with Crippen LogP contribution in [0.25, 0.3) is 0 Å². The van der Waals surface area contributed by atoms with E-state index in [0.717, 1.165) is 17.5 Å². The van der Waals surface area contributed by atoms with E-state index in [2.05, 4.69) is 47.4 Å². The van der Waals surface area contributed by atoms with Crippen molar-refractivity contribution in [3.63, 3.8) is 0 Å². The Hall–Kier alpha value is -0.310. The predicted molar refractivity (Wildman–Crippen MR) is 93.3 cm³/mol. The van der Waals surface area contributed by atoms with Crippen LogP contribution in [0.3, 0.4) is 0 Å². The lowest BCUT2D eigenvalue weighted by atomic mass is 9.83. The van der Waals surface area contributed by atoms with Gasteiger partial charge in [-0.1, -0.05) is 49.0 Å². The average Bonchev–Trinajstić information content (AvgIpc) is 2.75. The van der Waals surface area contributed by atoms with Crippen LogP contribution in [-0.2, 0) is 4.74 Å². The van der Waals surface area contributed by atoms with Crippen molar-refractivity contribution >= 4 is 22.3 Å². The molecule has 21 heavy (non-hydrogen) atoms. The fraction of sp³-hybridized carbons (Fsp3) is 0.833. The number of alkyl halides is 1. The van der Waals surface area contributed by atoms with E-state index in [4.69, 9.17) is 4.74 Å². The first kappa shape index (κ1) is 17.1. The van der Waals surface area contributed by atoms with Crippen LogP contribution in [-0.4, -0.2) is 27.9 Å². The van der Waals surface area contributed by atoms with E-state index in [9.17, 15) is 0 Å². The van der Waals surface area contributed by atoms with Crippen molar-refractivity contribution in [3.8, 4) is 0 Å². The summed E-state index contributed by atoms with van der Waals surface area (Å²) in [4.78, 5) is 0. The van der Waals surface area contributed by atoms with Gasteiger partial charge in [-0.05, 0) is 25.3 Å². The van der Waals surface area contributed by atoms with Crippen molar-refractivity contribution in [3.05, 3.63) is 11.8 Å². The monoisotopic (exact) mass is 356 g/mol. The number of hydrogen-bond donors (Lipinski definition) is 0. The van der Waals surface area contributed by atoms with Gasteiger partial charge in [0.15, 0.2) is 11.8 Å². The molecular formula is C18H31BrNO+. The lowest BCUT2D eigenvalue weighted by molar-refractivity contribution is -0.628. The van der Waals surface area contributed by atoms with Crippen LogP contribution in [0.4, 0.5) is 0 Å². The highest BCUT2D eigenvalue weighted by Crippen LogP contribution is 2.37. The summed E-state index contributed by atoms with van der Waals surface area (Å²) in [6, 6.07) is 0.646. The molecule has 0 radical (unpaired) electrons. The molecule has 1 fully saturated rings. The molecular weight excluding hydrogens is 326 g/mol. The van der Waals surface area contributed by atoms with Gasteiger partial charge in [-0.15, -0.1) is 0 Å². The molecule has 3 heteroatoms. The smallest absolute Gasteiger partial charge is 0.330 e. The van der Waals surface area contributed by atoms with Gasteiger partial charge in [0, 0.05) is 31.0 Å². The van der Waals surface area contributed by atoms with Gasteiger partial charge in [-0.3, -0.25) is 0 Å². The van der Waals surface area contributed by atoms with E-state index in [1.54, 1.807) is 0 Å². The van der Waals surface area contributed by atoms with Crippen molar-refractivity contribution in [2.45, 2.75) is 83.7 Å². The summed E-state index contributed by atoms with van der Waals surface area (Å²) in [6.45, 7) is 7.00. The SMILES string of the molecule is CC(C)C1(C)C(=CCCBr)OC=[N+]1C1CCCCCCC1. The average molecular weight is 357 g/mol. The van der Waals surface area contributed by atoms with Gasteiger partial charge in [-0.25, -0.2) is 0 Å². The highest BCUT2D eigenvalue weighted by molar-refractivity contribution is 9.09.